The minimum Gasteiger partial charge on any atom is -0.466 e. The van der Waals surface area contributed by atoms with Crippen molar-refractivity contribution in [3.63, 3.8) is 0 Å². The third-order valence-electron chi connectivity index (χ3n) is 3.51. The molecule has 0 aliphatic carbocycles. The molecule has 9 heteroatoms. The molecule has 0 radical (unpaired) electrons. The second-order valence-electron chi connectivity index (χ2n) is 4.84. The van der Waals surface area contributed by atoms with Gasteiger partial charge < -0.3 is 23.8 Å². The summed E-state index contributed by atoms with van der Waals surface area (Å²) in [5, 5.41) is 0.124. The molecule has 0 amide bonds. The van der Waals surface area contributed by atoms with Gasteiger partial charge in [-0.25, -0.2) is 14.4 Å². The summed E-state index contributed by atoms with van der Waals surface area (Å²) in [7, 11) is 3.57. The van der Waals surface area contributed by atoms with Crippen LogP contribution in [0.3, 0.4) is 0 Å². The van der Waals surface area contributed by atoms with Crippen molar-refractivity contribution in [3.05, 3.63) is 40.1 Å². The zero-order valence-corrected chi connectivity index (χ0v) is 14.6. The molecule has 0 unspecified atom stereocenters. The van der Waals surface area contributed by atoms with Crippen LogP contribution in [0.2, 0.25) is 5.02 Å². The second-order valence-corrected chi connectivity index (χ2v) is 5.25. The van der Waals surface area contributed by atoms with Gasteiger partial charge in [0.25, 0.3) is 0 Å². The molecule has 1 aliphatic heterocycles. The van der Waals surface area contributed by atoms with E-state index in [0.29, 0.717) is 0 Å². The number of esters is 3. The van der Waals surface area contributed by atoms with Crippen molar-refractivity contribution in [2.75, 3.05) is 39.6 Å². The molecule has 2 rings (SSSR count). The monoisotopic (exact) mass is 369 g/mol. The fraction of sp³-hybridized carbons (Fsp3) is 0.312. The summed E-state index contributed by atoms with van der Waals surface area (Å²) in [4.78, 5) is 37.7. The Kier molecular flexibility index (Phi) is 6.00. The summed E-state index contributed by atoms with van der Waals surface area (Å²) in [6, 6.07) is 4.64. The molecule has 0 bridgehead atoms. The number of anilines is 1. The second kappa shape index (κ2) is 8.00. The predicted molar refractivity (Wildman–Crippen MR) is 87.1 cm³/mol. The normalized spacial score (nSPS) is 14.2. The standard InChI is InChI=1S/C16H16ClNO7/c1-22-14(19)9-7-25-8-18(13(9)16(21)24-3)11-6-4-5-10(17)12(11)15(20)23-2/h4-6H,7-8H2,1-3H3. The van der Waals surface area contributed by atoms with E-state index in [1.54, 1.807) is 12.1 Å². The lowest BCUT2D eigenvalue weighted by atomic mass is 10.1. The van der Waals surface area contributed by atoms with E-state index in [2.05, 4.69) is 0 Å². The van der Waals surface area contributed by atoms with Gasteiger partial charge in [0, 0.05) is 0 Å². The van der Waals surface area contributed by atoms with Crippen LogP contribution in [0.1, 0.15) is 10.4 Å². The number of ether oxygens (including phenoxy) is 4. The van der Waals surface area contributed by atoms with Gasteiger partial charge in [-0.05, 0) is 12.1 Å². The lowest BCUT2D eigenvalue weighted by molar-refractivity contribution is -0.140. The highest BCUT2D eigenvalue weighted by atomic mass is 35.5. The number of benzene rings is 1. The molecule has 1 heterocycles. The van der Waals surface area contributed by atoms with Crippen LogP contribution in [0.5, 0.6) is 0 Å². The average Bonchev–Trinajstić information content (AvgIpc) is 2.65. The highest BCUT2D eigenvalue weighted by molar-refractivity contribution is 6.34. The largest absolute Gasteiger partial charge is 0.466 e. The number of methoxy groups -OCH3 is 3. The maximum Gasteiger partial charge on any atom is 0.355 e. The number of hydrogen-bond acceptors (Lipinski definition) is 8. The van der Waals surface area contributed by atoms with Gasteiger partial charge in [0.2, 0.25) is 0 Å². The topological polar surface area (TPSA) is 91.4 Å². The third kappa shape index (κ3) is 3.59. The van der Waals surface area contributed by atoms with E-state index in [9.17, 15) is 14.4 Å². The quantitative estimate of drug-likeness (QED) is 0.582. The van der Waals surface area contributed by atoms with E-state index >= 15 is 0 Å². The molecule has 0 atom stereocenters. The molecule has 0 N–H and O–H groups in total. The zero-order valence-electron chi connectivity index (χ0n) is 13.8. The van der Waals surface area contributed by atoms with Gasteiger partial charge in [-0.2, -0.15) is 0 Å². The van der Waals surface area contributed by atoms with Crippen LogP contribution in [-0.2, 0) is 28.5 Å². The van der Waals surface area contributed by atoms with Gasteiger partial charge in [-0.15, -0.1) is 0 Å². The summed E-state index contributed by atoms with van der Waals surface area (Å²) in [5.41, 5.74) is 0.146. The van der Waals surface area contributed by atoms with Crippen LogP contribution in [0.15, 0.2) is 29.5 Å². The van der Waals surface area contributed by atoms with Crippen LogP contribution in [-0.4, -0.2) is 52.6 Å². The van der Waals surface area contributed by atoms with Gasteiger partial charge in [-0.3, -0.25) is 0 Å². The van der Waals surface area contributed by atoms with Crippen LogP contribution in [0.25, 0.3) is 0 Å². The molecular formula is C16H16ClNO7. The molecule has 0 spiro atoms. The SMILES string of the molecule is COC(=O)C1=C(C(=O)OC)N(c2cccc(Cl)c2C(=O)OC)COC1. The number of nitrogens with zero attached hydrogens (tertiary/aromatic N) is 1. The van der Waals surface area contributed by atoms with Crippen molar-refractivity contribution in [2.24, 2.45) is 0 Å². The molecule has 0 saturated carbocycles. The first-order chi connectivity index (χ1) is 12.0. The number of halogens is 1. The van der Waals surface area contributed by atoms with Crippen molar-refractivity contribution >= 4 is 35.2 Å². The predicted octanol–water partition coefficient (Wildman–Crippen LogP) is 1.52. The molecule has 25 heavy (non-hydrogen) atoms. The van der Waals surface area contributed by atoms with Crippen molar-refractivity contribution in [1.29, 1.82) is 0 Å². The lowest BCUT2D eigenvalue weighted by Crippen LogP contribution is -2.39. The number of rotatable bonds is 4. The van der Waals surface area contributed by atoms with Gasteiger partial charge in [-0.1, -0.05) is 17.7 Å². The first-order valence-corrected chi connectivity index (χ1v) is 7.45. The molecule has 0 fully saturated rings. The number of carbonyl (C=O) groups is 3. The molecule has 0 aromatic heterocycles. The van der Waals surface area contributed by atoms with Crippen molar-refractivity contribution in [1.82, 2.24) is 0 Å². The van der Waals surface area contributed by atoms with Gasteiger partial charge >= 0.3 is 17.9 Å². The Hall–Kier alpha value is -2.58. The van der Waals surface area contributed by atoms with E-state index in [0.717, 1.165) is 0 Å². The Labute approximate surface area is 148 Å². The van der Waals surface area contributed by atoms with Crippen molar-refractivity contribution in [2.45, 2.75) is 0 Å². The fourth-order valence-corrected chi connectivity index (χ4v) is 2.62. The summed E-state index contributed by atoms with van der Waals surface area (Å²) < 4.78 is 19.6. The molecular weight excluding hydrogens is 354 g/mol. The van der Waals surface area contributed by atoms with Crippen LogP contribution >= 0.6 is 11.6 Å². The highest BCUT2D eigenvalue weighted by Gasteiger charge is 2.34. The zero-order chi connectivity index (χ0) is 18.6. The summed E-state index contributed by atoms with van der Waals surface area (Å²) in [6.07, 6.45) is 0. The van der Waals surface area contributed by atoms with E-state index in [-0.39, 0.29) is 40.9 Å². The number of hydrogen-bond donors (Lipinski definition) is 0. The Bertz CT molecular complexity index is 744. The summed E-state index contributed by atoms with van der Waals surface area (Å²) in [6.45, 7) is -0.239. The molecule has 134 valence electrons. The van der Waals surface area contributed by atoms with Crippen molar-refractivity contribution in [3.8, 4) is 0 Å². The van der Waals surface area contributed by atoms with Crippen molar-refractivity contribution < 1.29 is 33.3 Å². The molecule has 1 aromatic carbocycles. The Morgan fingerprint density at radius 3 is 2.28 bits per heavy atom. The Balaban J connectivity index is 2.69. The van der Waals surface area contributed by atoms with Crippen LogP contribution < -0.4 is 4.90 Å². The molecule has 1 aliphatic rings. The first-order valence-electron chi connectivity index (χ1n) is 7.08. The van der Waals surface area contributed by atoms with Crippen LogP contribution in [0, 0.1) is 0 Å². The Morgan fingerprint density at radius 1 is 1.04 bits per heavy atom. The first kappa shape index (κ1) is 18.8. The lowest BCUT2D eigenvalue weighted by Gasteiger charge is -2.32. The summed E-state index contributed by atoms with van der Waals surface area (Å²) >= 11 is 6.12. The van der Waals surface area contributed by atoms with E-state index in [1.807, 2.05) is 0 Å². The molecule has 1 aromatic rings. The average molecular weight is 370 g/mol. The third-order valence-corrected chi connectivity index (χ3v) is 3.82. The molecule has 0 saturated heterocycles. The minimum absolute atomic E-state index is 0.0304. The summed E-state index contributed by atoms with van der Waals surface area (Å²) in [5.74, 6) is -2.22. The fourth-order valence-electron chi connectivity index (χ4n) is 2.38. The minimum atomic E-state index is -0.778. The smallest absolute Gasteiger partial charge is 0.355 e. The van der Waals surface area contributed by atoms with Gasteiger partial charge in [0.1, 0.15) is 18.0 Å². The Morgan fingerprint density at radius 2 is 1.68 bits per heavy atom. The van der Waals surface area contributed by atoms with E-state index in [1.165, 1.54) is 32.3 Å². The number of carbonyl (C=O) groups excluding carboxylic acids is 3. The maximum atomic E-state index is 12.3. The van der Waals surface area contributed by atoms with Crippen LogP contribution in [0.4, 0.5) is 5.69 Å². The van der Waals surface area contributed by atoms with Gasteiger partial charge in [0.15, 0.2) is 0 Å². The molecule has 8 nitrogen and oxygen atoms in total. The van der Waals surface area contributed by atoms with Gasteiger partial charge in [0.05, 0.1) is 44.2 Å². The maximum absolute atomic E-state index is 12.3. The highest BCUT2D eigenvalue weighted by Crippen LogP contribution is 2.33. The van der Waals surface area contributed by atoms with E-state index < -0.39 is 17.9 Å². The van der Waals surface area contributed by atoms with E-state index in [4.69, 9.17) is 30.5 Å².